The third-order valence-corrected chi connectivity index (χ3v) is 7.98. The van der Waals surface area contributed by atoms with Crippen molar-refractivity contribution in [2.75, 3.05) is 12.4 Å². The fraction of sp³-hybridized carbons (Fsp3) is 0.0417. The number of hydrogen-bond donors (Lipinski definition) is 3. The molecule has 4 rings (SSSR count). The van der Waals surface area contributed by atoms with Gasteiger partial charge in [-0.2, -0.15) is 15.3 Å². The van der Waals surface area contributed by atoms with Gasteiger partial charge in [0.25, 0.3) is 0 Å². The Labute approximate surface area is 336 Å². The number of amides is 2. The predicted octanol–water partition coefficient (Wildman–Crippen LogP) is -4.56. The van der Waals surface area contributed by atoms with Gasteiger partial charge in [0.1, 0.15) is 25.9 Å². The molecular weight excluding hydrogens is 713 g/mol. The molecule has 0 aliphatic heterocycles. The van der Waals surface area contributed by atoms with E-state index >= 15 is 0 Å². The largest absolute Gasteiger partial charge is 1.00 e. The third-order valence-electron chi connectivity index (χ3n) is 5.59. The number of phenolic OH excluding ortho intramolecular Hbond substituents is 1. The van der Waals surface area contributed by atoms with Gasteiger partial charge in [0.15, 0.2) is 5.75 Å². The number of hydrogen-bond acceptors (Lipinski definition) is 16. The van der Waals surface area contributed by atoms with Crippen LogP contribution in [0.15, 0.2) is 102 Å². The fourth-order valence-corrected chi connectivity index (χ4v) is 5.20. The molecule has 0 saturated carbocycles. The van der Waals surface area contributed by atoms with Crippen LogP contribution in [0, 0.1) is 0 Å². The van der Waals surface area contributed by atoms with Gasteiger partial charge >= 0.3 is 94.7 Å². The molecule has 232 valence electrons. The summed E-state index contributed by atoms with van der Waals surface area (Å²) in [4.78, 5) is 9.71. The van der Waals surface area contributed by atoms with Crippen LogP contribution in [-0.4, -0.2) is 49.6 Å². The minimum atomic E-state index is -5.23. The van der Waals surface area contributed by atoms with Crippen molar-refractivity contribution >= 4 is 76.2 Å². The topological polar surface area (TPSA) is 289 Å². The van der Waals surface area contributed by atoms with Crippen LogP contribution in [0.4, 0.5) is 33.2 Å². The van der Waals surface area contributed by atoms with Crippen molar-refractivity contribution < 1.29 is 138 Å². The van der Waals surface area contributed by atoms with Gasteiger partial charge in [-0.05, 0) is 82.8 Å². The quantitative estimate of drug-likeness (QED) is 0.0671. The summed E-state index contributed by atoms with van der Waals surface area (Å²) < 4.78 is 93.0. The van der Waals surface area contributed by atoms with Crippen molar-refractivity contribution in [1.29, 1.82) is 0 Å². The van der Waals surface area contributed by atoms with E-state index in [0.29, 0.717) is 0 Å². The molecule has 0 aromatic heterocycles. The van der Waals surface area contributed by atoms with Gasteiger partial charge in [-0.3, -0.25) is 0 Å². The summed E-state index contributed by atoms with van der Waals surface area (Å²) in [5.74, 6) is -0.742. The number of fused-ring (bicyclic) bond motifs is 1. The number of phenols is 1. The van der Waals surface area contributed by atoms with Crippen LogP contribution in [-0.2, 0) is 39.4 Å². The number of benzene rings is 4. The van der Waals surface area contributed by atoms with E-state index in [4.69, 9.17) is 0 Å². The summed E-state index contributed by atoms with van der Waals surface area (Å²) in [6, 6.07) is 12.3. The van der Waals surface area contributed by atoms with Gasteiger partial charge in [-0.25, -0.2) is 21.6 Å². The SMILES string of the molecule is CNC(=O)Nc1ccc2c(O)c(N=Nc3ccc(N=Nc4ccc(S(=O)(=O)[O-])cc4)cc3[S-](=O)=O)c(S(=O)(=O)[O-])cc2c1.[Na+].[Na+].[Na+].[OH-]. The molecule has 0 heterocycles. The zero-order valence-corrected chi connectivity index (χ0v) is 33.4. The number of urea groups is 1. The molecule has 0 fully saturated rings. The van der Waals surface area contributed by atoms with Crippen LogP contribution in [0.5, 0.6) is 5.75 Å². The maximum Gasteiger partial charge on any atom is 1.00 e. The predicted molar refractivity (Wildman–Crippen MR) is 150 cm³/mol. The summed E-state index contributed by atoms with van der Waals surface area (Å²) >= 11 is 0. The molecule has 4 aromatic rings. The van der Waals surface area contributed by atoms with E-state index < -0.39 is 63.1 Å². The number of nitrogens with zero attached hydrogens (tertiary/aromatic N) is 4. The van der Waals surface area contributed by atoms with Crippen molar-refractivity contribution in [3.8, 4) is 5.75 Å². The molecule has 17 nitrogen and oxygen atoms in total. The molecule has 4 N–H and O–H groups in total. The maximum absolute atomic E-state index is 12.0. The van der Waals surface area contributed by atoms with Crippen molar-refractivity contribution in [3.63, 3.8) is 0 Å². The monoisotopic (exact) mass is 731 g/mol. The van der Waals surface area contributed by atoms with Crippen LogP contribution < -0.4 is 99.3 Å². The van der Waals surface area contributed by atoms with Crippen LogP contribution in [0.1, 0.15) is 0 Å². The second-order valence-electron chi connectivity index (χ2n) is 8.40. The molecule has 0 unspecified atom stereocenters. The average molecular weight is 732 g/mol. The average Bonchev–Trinajstić information content (AvgIpc) is 2.94. The summed E-state index contributed by atoms with van der Waals surface area (Å²) in [5.41, 5.74) is -0.672. The van der Waals surface area contributed by atoms with Gasteiger partial charge < -0.3 is 38.7 Å². The van der Waals surface area contributed by atoms with Crippen molar-refractivity contribution in [2.45, 2.75) is 14.7 Å². The first kappa shape index (κ1) is 45.1. The van der Waals surface area contributed by atoms with Crippen molar-refractivity contribution in [3.05, 3.63) is 66.7 Å². The molecule has 0 spiro atoms. The van der Waals surface area contributed by atoms with Crippen LogP contribution in [0.3, 0.4) is 0 Å². The van der Waals surface area contributed by atoms with Gasteiger partial charge in [0.2, 0.25) is 0 Å². The van der Waals surface area contributed by atoms with E-state index in [2.05, 4.69) is 31.1 Å². The number of rotatable bonds is 8. The second-order valence-corrected chi connectivity index (χ2v) is 12.0. The number of azo groups is 2. The molecule has 23 heteroatoms. The Morgan fingerprint density at radius 2 is 1.38 bits per heavy atom. The fourth-order valence-electron chi connectivity index (χ4n) is 3.59. The standard InChI is InChI=1S/C24H19N6O10S3.3Na.H2O/c1-25-24(32)26-15-4-8-18-13(10-15)11-21(43(38,39)40)22(23(18)31)30-29-19-9-5-16(12-20(19)41(33)34)28-27-14-2-6-17(7-3-14)42(35,36)37;;;;/h2-12,31H,1H3,(H2,25,26,32)(H,35,36,37)(H,38,39,40);;;;1H2/q-1;3*+1;/p-3. The summed E-state index contributed by atoms with van der Waals surface area (Å²) in [7, 11) is -11.4. The first-order valence-corrected chi connectivity index (χ1v) is 15.4. The maximum atomic E-state index is 12.0. The first-order chi connectivity index (χ1) is 20.2. The zero-order chi connectivity index (χ0) is 31.5. The zero-order valence-electron chi connectivity index (χ0n) is 24.9. The minimum Gasteiger partial charge on any atom is -0.870 e. The molecular formula is C24H18N6Na3O11S3-. The molecule has 0 aliphatic rings. The molecule has 4 aromatic carbocycles. The molecule has 0 bridgehead atoms. The van der Waals surface area contributed by atoms with Gasteiger partial charge in [0.05, 0.1) is 26.9 Å². The van der Waals surface area contributed by atoms with E-state index in [1.807, 2.05) is 0 Å². The second kappa shape index (κ2) is 18.8. The summed E-state index contributed by atoms with van der Waals surface area (Å²) in [6.07, 6.45) is 0. The normalized spacial score (nSPS) is 11.3. The number of anilines is 1. The Morgan fingerprint density at radius 3 is 1.94 bits per heavy atom. The van der Waals surface area contributed by atoms with Crippen LogP contribution in [0.25, 0.3) is 10.8 Å². The van der Waals surface area contributed by atoms with E-state index in [1.165, 1.54) is 43.4 Å². The summed E-state index contributed by atoms with van der Waals surface area (Å²) in [5, 5.41) is 30.8. The Bertz CT molecular complexity index is 2120. The van der Waals surface area contributed by atoms with Gasteiger partial charge in [0, 0.05) is 18.1 Å². The van der Waals surface area contributed by atoms with Gasteiger partial charge in [-0.15, -0.1) is 5.11 Å². The van der Waals surface area contributed by atoms with Crippen LogP contribution in [0.2, 0.25) is 0 Å². The van der Waals surface area contributed by atoms with E-state index in [9.17, 15) is 44.3 Å². The molecule has 0 radical (unpaired) electrons. The Balaban J connectivity index is 0.00000529. The molecule has 2 amide bonds. The molecule has 47 heavy (non-hydrogen) atoms. The Hall–Kier alpha value is -1.86. The number of carbonyl (C=O) groups is 1. The Morgan fingerprint density at radius 1 is 0.787 bits per heavy atom. The number of nitrogens with one attached hydrogen (secondary N) is 2. The molecule has 0 aliphatic carbocycles. The molecule has 0 atom stereocenters. The number of aromatic hydroxyl groups is 1. The first-order valence-electron chi connectivity index (χ1n) is 11.5. The van der Waals surface area contributed by atoms with Crippen molar-refractivity contribution in [2.24, 2.45) is 20.5 Å². The van der Waals surface area contributed by atoms with E-state index in [-0.39, 0.29) is 128 Å². The summed E-state index contributed by atoms with van der Waals surface area (Å²) in [6.45, 7) is 0. The molecule has 0 saturated heterocycles. The minimum absolute atomic E-state index is 0. The van der Waals surface area contributed by atoms with E-state index in [1.54, 1.807) is 0 Å². The number of carbonyl (C=O) groups excluding carboxylic acids is 1. The van der Waals surface area contributed by atoms with Crippen molar-refractivity contribution in [1.82, 2.24) is 5.32 Å². The van der Waals surface area contributed by atoms with Gasteiger partial charge in [-0.1, -0.05) is 4.90 Å². The van der Waals surface area contributed by atoms with E-state index in [0.717, 1.165) is 30.3 Å². The third kappa shape index (κ3) is 11.6. The van der Waals surface area contributed by atoms with Crippen LogP contribution >= 0.6 is 0 Å². The smallest absolute Gasteiger partial charge is 0.870 e. The Kier molecular flexibility index (Phi) is 18.0.